The SMILES string of the molecule is Cc1cccc(S(=O)(=O)n2c(COc3ccc([N+](=O)[O-])cc3)nc3cc(Br)ccc32)c1. The molecule has 10 heteroatoms. The Balaban J connectivity index is 1.77. The normalized spacial score (nSPS) is 11.5. The highest BCUT2D eigenvalue weighted by molar-refractivity contribution is 9.10. The molecule has 4 rings (SSSR count). The number of fused-ring (bicyclic) bond motifs is 1. The van der Waals surface area contributed by atoms with Gasteiger partial charge in [-0.25, -0.2) is 17.4 Å². The van der Waals surface area contributed by atoms with Crippen LogP contribution in [0.2, 0.25) is 0 Å². The number of hydrogen-bond acceptors (Lipinski definition) is 6. The Morgan fingerprint density at radius 2 is 1.84 bits per heavy atom. The molecular weight excluding hydrogens is 486 g/mol. The molecule has 0 spiro atoms. The third kappa shape index (κ3) is 4.17. The molecule has 0 aliphatic heterocycles. The number of halogens is 1. The van der Waals surface area contributed by atoms with Gasteiger partial charge in [0.25, 0.3) is 15.7 Å². The lowest BCUT2D eigenvalue weighted by Gasteiger charge is -2.12. The van der Waals surface area contributed by atoms with Crippen LogP contribution < -0.4 is 4.74 Å². The minimum atomic E-state index is -3.94. The van der Waals surface area contributed by atoms with E-state index in [2.05, 4.69) is 20.9 Å². The molecular formula is C21H16BrN3O5S. The van der Waals surface area contributed by atoms with Crippen molar-refractivity contribution in [2.45, 2.75) is 18.4 Å². The average Bonchev–Trinajstić information content (AvgIpc) is 3.10. The van der Waals surface area contributed by atoms with E-state index in [1.54, 1.807) is 30.3 Å². The third-order valence-corrected chi connectivity index (χ3v) is 6.81. The first-order valence-corrected chi connectivity index (χ1v) is 11.4. The Bertz CT molecular complexity index is 1400. The Morgan fingerprint density at radius 1 is 1.10 bits per heavy atom. The van der Waals surface area contributed by atoms with Crippen LogP contribution in [0.1, 0.15) is 11.4 Å². The first kappa shape index (κ1) is 21.0. The number of ether oxygens (including phenoxy) is 1. The zero-order valence-corrected chi connectivity index (χ0v) is 18.6. The molecule has 0 bridgehead atoms. The Morgan fingerprint density at radius 3 is 2.52 bits per heavy atom. The predicted molar refractivity (Wildman–Crippen MR) is 119 cm³/mol. The standard InChI is InChI=1S/C21H16BrN3O5S/c1-14-3-2-4-18(11-14)31(28,29)24-20-10-5-15(22)12-19(20)23-21(24)13-30-17-8-6-16(7-9-17)25(26)27/h2-12H,13H2,1H3. The molecule has 1 heterocycles. The quantitative estimate of drug-likeness (QED) is 0.276. The van der Waals surface area contributed by atoms with E-state index in [1.165, 1.54) is 34.3 Å². The average molecular weight is 502 g/mol. The van der Waals surface area contributed by atoms with E-state index in [4.69, 9.17) is 4.74 Å². The molecule has 0 aliphatic rings. The smallest absolute Gasteiger partial charge is 0.269 e. The summed E-state index contributed by atoms with van der Waals surface area (Å²) in [7, 11) is -3.94. The molecule has 3 aromatic carbocycles. The van der Waals surface area contributed by atoms with Gasteiger partial charge in [0, 0.05) is 16.6 Å². The van der Waals surface area contributed by atoms with Crippen LogP contribution in [-0.4, -0.2) is 22.3 Å². The molecule has 8 nitrogen and oxygen atoms in total. The number of benzene rings is 3. The molecule has 158 valence electrons. The molecule has 0 unspecified atom stereocenters. The minimum absolute atomic E-state index is 0.0635. The van der Waals surface area contributed by atoms with Crippen molar-refractivity contribution in [2.24, 2.45) is 0 Å². The van der Waals surface area contributed by atoms with Crippen molar-refractivity contribution in [1.82, 2.24) is 8.96 Å². The summed E-state index contributed by atoms with van der Waals surface area (Å²) in [4.78, 5) is 14.9. The summed E-state index contributed by atoms with van der Waals surface area (Å²) < 4.78 is 34.6. The van der Waals surface area contributed by atoms with Gasteiger partial charge in [-0.2, -0.15) is 0 Å². The Kier molecular flexibility index (Phi) is 5.50. The molecule has 0 atom stereocenters. The number of aryl methyl sites for hydroxylation is 1. The highest BCUT2D eigenvalue weighted by Crippen LogP contribution is 2.27. The highest BCUT2D eigenvalue weighted by Gasteiger charge is 2.25. The lowest BCUT2D eigenvalue weighted by molar-refractivity contribution is -0.384. The molecule has 0 amide bonds. The minimum Gasteiger partial charge on any atom is -0.486 e. The molecule has 0 aliphatic carbocycles. The predicted octanol–water partition coefficient (Wildman–Crippen LogP) is 4.83. The fourth-order valence-electron chi connectivity index (χ4n) is 3.13. The summed E-state index contributed by atoms with van der Waals surface area (Å²) in [6.07, 6.45) is 0. The zero-order chi connectivity index (χ0) is 22.2. The summed E-state index contributed by atoms with van der Waals surface area (Å²) in [6.45, 7) is 1.68. The van der Waals surface area contributed by atoms with Crippen molar-refractivity contribution in [1.29, 1.82) is 0 Å². The number of imidazole rings is 1. The highest BCUT2D eigenvalue weighted by atomic mass is 79.9. The molecule has 0 saturated carbocycles. The lowest BCUT2D eigenvalue weighted by atomic mass is 10.2. The summed E-state index contributed by atoms with van der Waals surface area (Å²) in [5.74, 6) is 0.547. The van der Waals surface area contributed by atoms with Crippen LogP contribution in [0.25, 0.3) is 11.0 Å². The number of nitro benzene ring substituents is 1. The van der Waals surface area contributed by atoms with Crippen LogP contribution in [0, 0.1) is 17.0 Å². The Hall–Kier alpha value is -3.24. The van der Waals surface area contributed by atoms with Crippen molar-refractivity contribution in [3.8, 4) is 5.75 Å². The summed E-state index contributed by atoms with van der Waals surface area (Å²) in [6, 6.07) is 17.3. The molecule has 0 radical (unpaired) electrons. The third-order valence-electron chi connectivity index (χ3n) is 4.58. The maximum absolute atomic E-state index is 13.5. The monoisotopic (exact) mass is 501 g/mol. The molecule has 4 aromatic rings. The molecule has 0 saturated heterocycles. The second kappa shape index (κ2) is 8.12. The van der Waals surface area contributed by atoms with E-state index in [9.17, 15) is 18.5 Å². The van der Waals surface area contributed by atoms with Crippen LogP contribution in [0.3, 0.4) is 0 Å². The van der Waals surface area contributed by atoms with Crippen molar-refractivity contribution in [2.75, 3.05) is 0 Å². The van der Waals surface area contributed by atoms with E-state index >= 15 is 0 Å². The van der Waals surface area contributed by atoms with E-state index in [1.807, 2.05) is 13.0 Å². The molecule has 1 aromatic heterocycles. The summed E-state index contributed by atoms with van der Waals surface area (Å²) >= 11 is 3.38. The van der Waals surface area contributed by atoms with Gasteiger partial charge in [-0.05, 0) is 55.0 Å². The van der Waals surface area contributed by atoms with E-state index in [-0.39, 0.29) is 23.0 Å². The molecule has 0 fully saturated rings. The van der Waals surface area contributed by atoms with Crippen LogP contribution in [-0.2, 0) is 16.6 Å². The first-order chi connectivity index (χ1) is 14.8. The largest absolute Gasteiger partial charge is 0.486 e. The van der Waals surface area contributed by atoms with Gasteiger partial charge in [-0.3, -0.25) is 10.1 Å². The van der Waals surface area contributed by atoms with E-state index in [0.717, 1.165) is 10.0 Å². The van der Waals surface area contributed by atoms with Gasteiger partial charge in [0.15, 0.2) is 5.82 Å². The van der Waals surface area contributed by atoms with E-state index in [0.29, 0.717) is 16.8 Å². The zero-order valence-electron chi connectivity index (χ0n) is 16.2. The van der Waals surface area contributed by atoms with Gasteiger partial charge in [0.1, 0.15) is 12.4 Å². The van der Waals surface area contributed by atoms with Crippen molar-refractivity contribution < 1.29 is 18.1 Å². The van der Waals surface area contributed by atoms with Crippen LogP contribution in [0.5, 0.6) is 5.75 Å². The van der Waals surface area contributed by atoms with Gasteiger partial charge in [0.2, 0.25) is 0 Å². The van der Waals surface area contributed by atoms with Crippen molar-refractivity contribution in [3.05, 3.63) is 92.7 Å². The van der Waals surface area contributed by atoms with Gasteiger partial charge in [-0.1, -0.05) is 28.1 Å². The number of nitrogens with zero attached hydrogens (tertiary/aromatic N) is 3. The second-order valence-electron chi connectivity index (χ2n) is 6.79. The lowest BCUT2D eigenvalue weighted by Crippen LogP contribution is -2.17. The van der Waals surface area contributed by atoms with Crippen LogP contribution in [0.4, 0.5) is 5.69 Å². The van der Waals surface area contributed by atoms with Gasteiger partial charge < -0.3 is 4.74 Å². The van der Waals surface area contributed by atoms with E-state index < -0.39 is 14.9 Å². The van der Waals surface area contributed by atoms with Crippen molar-refractivity contribution >= 4 is 42.7 Å². The van der Waals surface area contributed by atoms with Gasteiger partial charge >= 0.3 is 0 Å². The van der Waals surface area contributed by atoms with Crippen molar-refractivity contribution in [3.63, 3.8) is 0 Å². The molecule has 31 heavy (non-hydrogen) atoms. The fraction of sp³-hybridized carbons (Fsp3) is 0.0952. The van der Waals surface area contributed by atoms with Crippen LogP contribution in [0.15, 0.2) is 76.1 Å². The molecule has 0 N–H and O–H groups in total. The maximum atomic E-state index is 13.5. The first-order valence-electron chi connectivity index (χ1n) is 9.12. The number of aromatic nitrogens is 2. The topological polar surface area (TPSA) is 104 Å². The Labute approximate surface area is 186 Å². The fourth-order valence-corrected chi connectivity index (χ4v) is 5.06. The number of hydrogen-bond donors (Lipinski definition) is 0. The maximum Gasteiger partial charge on any atom is 0.269 e. The van der Waals surface area contributed by atoms with Gasteiger partial charge in [-0.15, -0.1) is 0 Å². The van der Waals surface area contributed by atoms with Gasteiger partial charge in [0.05, 0.1) is 20.9 Å². The second-order valence-corrected chi connectivity index (χ2v) is 9.49. The van der Waals surface area contributed by atoms with Crippen LogP contribution >= 0.6 is 15.9 Å². The summed E-state index contributed by atoms with van der Waals surface area (Å²) in [5, 5.41) is 10.8. The summed E-state index contributed by atoms with van der Waals surface area (Å²) in [5.41, 5.74) is 1.67. The number of non-ortho nitro benzene ring substituents is 1. The number of nitro groups is 1. The number of rotatable bonds is 6.